The molecule has 0 aliphatic heterocycles. The second-order valence-electron chi connectivity index (χ2n) is 3.50. The predicted molar refractivity (Wildman–Crippen MR) is 61.3 cm³/mol. The number of nitrogens with zero attached hydrogens (tertiary/aromatic N) is 1. The highest BCUT2D eigenvalue weighted by Gasteiger charge is 2.03. The summed E-state index contributed by atoms with van der Waals surface area (Å²) >= 11 is 0. The number of hydrogen-bond donors (Lipinski definition) is 2. The third kappa shape index (κ3) is 1.95. The van der Waals surface area contributed by atoms with Crippen molar-refractivity contribution in [3.63, 3.8) is 0 Å². The van der Waals surface area contributed by atoms with Gasteiger partial charge in [-0.05, 0) is 23.6 Å². The van der Waals surface area contributed by atoms with Crippen molar-refractivity contribution < 1.29 is 5.11 Å². The number of aromatic hydroxyl groups is 1. The molecule has 1 aromatic carbocycles. The third-order valence-corrected chi connectivity index (χ3v) is 2.47. The molecule has 0 atom stereocenters. The molecule has 0 fully saturated rings. The summed E-state index contributed by atoms with van der Waals surface area (Å²) in [5.74, 6) is 0.270. The van der Waals surface area contributed by atoms with Gasteiger partial charge >= 0.3 is 5.69 Å². The van der Waals surface area contributed by atoms with Gasteiger partial charge in [-0.3, -0.25) is 0 Å². The Balaban J connectivity index is 2.45. The van der Waals surface area contributed by atoms with Crippen molar-refractivity contribution >= 4 is 0 Å². The van der Waals surface area contributed by atoms with Crippen LogP contribution in [0.3, 0.4) is 0 Å². The van der Waals surface area contributed by atoms with Gasteiger partial charge in [0.25, 0.3) is 0 Å². The van der Waals surface area contributed by atoms with E-state index >= 15 is 0 Å². The Labute approximate surface area is 92.6 Å². The first-order valence-electron chi connectivity index (χ1n) is 5.07. The number of nitrogens with one attached hydrogen (secondary N) is 1. The average molecular weight is 216 g/mol. The van der Waals surface area contributed by atoms with E-state index in [1.54, 1.807) is 12.3 Å². The minimum Gasteiger partial charge on any atom is -0.508 e. The topological polar surface area (TPSA) is 66.0 Å². The molecule has 0 aliphatic carbocycles. The Morgan fingerprint density at radius 1 is 1.38 bits per heavy atom. The van der Waals surface area contributed by atoms with E-state index in [1.165, 1.54) is 6.20 Å². The molecule has 0 radical (unpaired) electrons. The van der Waals surface area contributed by atoms with E-state index in [4.69, 9.17) is 0 Å². The van der Waals surface area contributed by atoms with Crippen LogP contribution in [0.15, 0.2) is 35.4 Å². The van der Waals surface area contributed by atoms with Crippen LogP contribution >= 0.6 is 0 Å². The molecule has 1 aromatic heterocycles. The van der Waals surface area contributed by atoms with Crippen LogP contribution in [0.4, 0.5) is 0 Å². The van der Waals surface area contributed by atoms with Crippen LogP contribution in [0.25, 0.3) is 11.1 Å². The average Bonchev–Trinajstić information content (AvgIpc) is 2.30. The SMILES string of the molecule is CCc1ccc(-c2cnc(=O)[nH]c2)cc1O. The fourth-order valence-corrected chi connectivity index (χ4v) is 1.54. The number of benzene rings is 1. The summed E-state index contributed by atoms with van der Waals surface area (Å²) in [6, 6.07) is 5.44. The van der Waals surface area contributed by atoms with E-state index in [-0.39, 0.29) is 11.4 Å². The summed E-state index contributed by atoms with van der Waals surface area (Å²) in [6.07, 6.45) is 3.85. The minimum atomic E-state index is -0.377. The molecule has 2 aromatic rings. The highest BCUT2D eigenvalue weighted by atomic mass is 16.3. The summed E-state index contributed by atoms with van der Waals surface area (Å²) in [5.41, 5.74) is 2.13. The Morgan fingerprint density at radius 3 is 2.75 bits per heavy atom. The van der Waals surface area contributed by atoms with E-state index in [9.17, 15) is 9.90 Å². The van der Waals surface area contributed by atoms with Crippen molar-refractivity contribution in [1.29, 1.82) is 0 Å². The zero-order valence-corrected chi connectivity index (χ0v) is 8.90. The molecule has 2 N–H and O–H groups in total. The smallest absolute Gasteiger partial charge is 0.344 e. The fourth-order valence-electron chi connectivity index (χ4n) is 1.54. The summed E-state index contributed by atoms with van der Waals surface area (Å²) < 4.78 is 0. The van der Waals surface area contributed by atoms with Crippen molar-refractivity contribution in [2.75, 3.05) is 0 Å². The van der Waals surface area contributed by atoms with E-state index < -0.39 is 0 Å². The maximum atomic E-state index is 10.8. The number of aryl methyl sites for hydroxylation is 1. The van der Waals surface area contributed by atoms with Crippen molar-refractivity contribution in [2.45, 2.75) is 13.3 Å². The van der Waals surface area contributed by atoms with Gasteiger partial charge in [0, 0.05) is 18.0 Å². The lowest BCUT2D eigenvalue weighted by atomic mass is 10.0. The Kier molecular flexibility index (Phi) is 2.72. The molecule has 82 valence electrons. The van der Waals surface area contributed by atoms with Crippen LogP contribution in [0, 0.1) is 0 Å². The summed E-state index contributed by atoms with van der Waals surface area (Å²) in [6.45, 7) is 1.98. The molecule has 2 rings (SSSR count). The fraction of sp³-hybridized carbons (Fsp3) is 0.167. The number of aromatic nitrogens is 2. The maximum absolute atomic E-state index is 10.8. The molecule has 0 aliphatic rings. The number of phenolic OH excluding ortho intramolecular Hbond substituents is 1. The Morgan fingerprint density at radius 2 is 2.19 bits per heavy atom. The summed E-state index contributed by atoms with van der Waals surface area (Å²) in [5, 5.41) is 9.71. The van der Waals surface area contributed by atoms with Gasteiger partial charge in [0.05, 0.1) is 0 Å². The van der Waals surface area contributed by atoms with E-state index in [0.29, 0.717) is 0 Å². The van der Waals surface area contributed by atoms with Gasteiger partial charge in [-0.15, -0.1) is 0 Å². The lowest BCUT2D eigenvalue weighted by molar-refractivity contribution is 0.469. The zero-order valence-electron chi connectivity index (χ0n) is 8.90. The highest BCUT2D eigenvalue weighted by Crippen LogP contribution is 2.25. The molecule has 0 unspecified atom stereocenters. The molecule has 0 saturated carbocycles. The van der Waals surface area contributed by atoms with Gasteiger partial charge in [0.15, 0.2) is 0 Å². The lowest BCUT2D eigenvalue weighted by Crippen LogP contribution is -2.07. The van der Waals surface area contributed by atoms with Crippen LogP contribution < -0.4 is 5.69 Å². The van der Waals surface area contributed by atoms with Gasteiger partial charge in [-0.2, -0.15) is 0 Å². The molecule has 1 heterocycles. The van der Waals surface area contributed by atoms with Crippen molar-refractivity contribution in [2.24, 2.45) is 0 Å². The van der Waals surface area contributed by atoms with E-state index in [1.807, 2.05) is 19.1 Å². The van der Waals surface area contributed by atoms with Crippen LogP contribution in [0.5, 0.6) is 5.75 Å². The van der Waals surface area contributed by atoms with Crippen LogP contribution in [-0.4, -0.2) is 15.1 Å². The molecular weight excluding hydrogens is 204 g/mol. The second kappa shape index (κ2) is 4.18. The van der Waals surface area contributed by atoms with Gasteiger partial charge in [0.1, 0.15) is 5.75 Å². The molecular formula is C12H12N2O2. The van der Waals surface area contributed by atoms with Crippen molar-refractivity contribution in [3.05, 3.63) is 46.6 Å². The molecule has 0 amide bonds. The van der Waals surface area contributed by atoms with Crippen LogP contribution in [0.1, 0.15) is 12.5 Å². The molecule has 0 bridgehead atoms. The van der Waals surface area contributed by atoms with Gasteiger partial charge in [-0.1, -0.05) is 19.1 Å². The molecule has 0 spiro atoms. The van der Waals surface area contributed by atoms with Crippen LogP contribution in [0.2, 0.25) is 0 Å². The lowest BCUT2D eigenvalue weighted by Gasteiger charge is -2.05. The molecule has 0 saturated heterocycles. The largest absolute Gasteiger partial charge is 0.508 e. The normalized spacial score (nSPS) is 10.3. The minimum absolute atomic E-state index is 0.270. The van der Waals surface area contributed by atoms with E-state index in [2.05, 4.69) is 9.97 Å². The molecule has 16 heavy (non-hydrogen) atoms. The first kappa shape index (κ1) is 10.4. The molecule has 4 nitrogen and oxygen atoms in total. The van der Waals surface area contributed by atoms with Crippen molar-refractivity contribution in [3.8, 4) is 16.9 Å². The van der Waals surface area contributed by atoms with Gasteiger partial charge in [-0.25, -0.2) is 9.78 Å². The quantitative estimate of drug-likeness (QED) is 0.803. The summed E-state index contributed by atoms with van der Waals surface area (Å²) in [7, 11) is 0. The first-order valence-corrected chi connectivity index (χ1v) is 5.07. The maximum Gasteiger partial charge on any atom is 0.344 e. The van der Waals surface area contributed by atoms with E-state index in [0.717, 1.165) is 23.1 Å². The second-order valence-corrected chi connectivity index (χ2v) is 3.50. The standard InChI is InChI=1S/C12H12N2O2/c1-2-8-3-4-9(5-11(8)15)10-6-13-12(16)14-7-10/h3-7,15H,2H2,1H3,(H,13,14,16). The Hall–Kier alpha value is -2.10. The van der Waals surface area contributed by atoms with Crippen LogP contribution in [-0.2, 0) is 6.42 Å². The number of rotatable bonds is 2. The molecule has 4 heteroatoms. The zero-order chi connectivity index (χ0) is 11.5. The first-order chi connectivity index (χ1) is 7.70. The van der Waals surface area contributed by atoms with Gasteiger partial charge < -0.3 is 10.1 Å². The third-order valence-electron chi connectivity index (χ3n) is 2.47. The number of phenols is 1. The number of aromatic amines is 1. The van der Waals surface area contributed by atoms with Crippen molar-refractivity contribution in [1.82, 2.24) is 9.97 Å². The number of H-pyrrole nitrogens is 1. The summed E-state index contributed by atoms with van der Waals surface area (Å²) in [4.78, 5) is 16.9. The number of hydrogen-bond acceptors (Lipinski definition) is 3. The highest BCUT2D eigenvalue weighted by molar-refractivity contribution is 5.64. The Bertz CT molecular complexity index is 541. The monoisotopic (exact) mass is 216 g/mol. The predicted octanol–water partition coefficient (Wildman–Crippen LogP) is 1.70. The van der Waals surface area contributed by atoms with Gasteiger partial charge in [0.2, 0.25) is 0 Å².